The van der Waals surface area contributed by atoms with E-state index >= 15 is 0 Å². The summed E-state index contributed by atoms with van der Waals surface area (Å²) in [4.78, 5) is 0. The van der Waals surface area contributed by atoms with E-state index in [2.05, 4.69) is 46.7 Å². The predicted molar refractivity (Wildman–Crippen MR) is 87.9 cm³/mol. The molecule has 0 unspecified atom stereocenters. The van der Waals surface area contributed by atoms with E-state index in [1.807, 2.05) is 16.9 Å². The number of aromatic nitrogens is 3. The third-order valence-electron chi connectivity index (χ3n) is 3.74. The van der Waals surface area contributed by atoms with Gasteiger partial charge in [-0.05, 0) is 42.2 Å². The molecule has 2 aromatic carbocycles. The second kappa shape index (κ2) is 7.59. The van der Waals surface area contributed by atoms with Crippen molar-refractivity contribution in [2.45, 2.75) is 32.2 Å². The van der Waals surface area contributed by atoms with E-state index in [0.29, 0.717) is 0 Å². The smallest absolute Gasteiger partial charge is 0.119 e. The maximum absolute atomic E-state index is 5.84. The Morgan fingerprint density at radius 3 is 2.64 bits per heavy atom. The summed E-state index contributed by atoms with van der Waals surface area (Å²) in [5.41, 5.74) is 0. The molecule has 0 aliphatic heterocycles. The summed E-state index contributed by atoms with van der Waals surface area (Å²) >= 11 is 0. The molecule has 0 amide bonds. The van der Waals surface area contributed by atoms with Crippen LogP contribution in [0.15, 0.2) is 54.9 Å². The Morgan fingerprint density at radius 1 is 0.909 bits per heavy atom. The largest absolute Gasteiger partial charge is 0.494 e. The fourth-order valence-electron chi connectivity index (χ4n) is 2.53. The summed E-state index contributed by atoms with van der Waals surface area (Å²) in [7, 11) is 0. The first-order valence-corrected chi connectivity index (χ1v) is 7.87. The second-order valence-corrected chi connectivity index (χ2v) is 5.44. The Morgan fingerprint density at radius 2 is 1.77 bits per heavy atom. The molecule has 0 saturated carbocycles. The van der Waals surface area contributed by atoms with Crippen LogP contribution in [0.4, 0.5) is 0 Å². The van der Waals surface area contributed by atoms with E-state index in [1.54, 1.807) is 6.20 Å². The summed E-state index contributed by atoms with van der Waals surface area (Å²) in [6.07, 6.45) is 8.23. The highest BCUT2D eigenvalue weighted by atomic mass is 16.5. The van der Waals surface area contributed by atoms with Gasteiger partial charge in [0.2, 0.25) is 0 Å². The Balaban J connectivity index is 1.34. The molecule has 114 valence electrons. The van der Waals surface area contributed by atoms with Crippen molar-refractivity contribution in [2.75, 3.05) is 6.61 Å². The zero-order valence-electron chi connectivity index (χ0n) is 12.7. The highest BCUT2D eigenvalue weighted by molar-refractivity contribution is 5.83. The van der Waals surface area contributed by atoms with Crippen LogP contribution in [0, 0.1) is 0 Å². The van der Waals surface area contributed by atoms with Gasteiger partial charge in [0.15, 0.2) is 0 Å². The van der Waals surface area contributed by atoms with Gasteiger partial charge in [-0.2, -0.15) is 0 Å². The molecule has 0 bridgehead atoms. The van der Waals surface area contributed by atoms with Crippen LogP contribution in [-0.4, -0.2) is 21.6 Å². The van der Waals surface area contributed by atoms with Crippen LogP contribution in [-0.2, 0) is 6.54 Å². The Hall–Kier alpha value is -2.36. The van der Waals surface area contributed by atoms with Crippen LogP contribution in [0.2, 0.25) is 0 Å². The molecule has 0 aliphatic carbocycles. The lowest BCUT2D eigenvalue weighted by atomic mass is 10.1. The maximum Gasteiger partial charge on any atom is 0.119 e. The van der Waals surface area contributed by atoms with E-state index in [-0.39, 0.29) is 0 Å². The first-order valence-electron chi connectivity index (χ1n) is 7.87. The molecule has 0 N–H and O–H groups in total. The monoisotopic (exact) mass is 295 g/mol. The number of aryl methyl sites for hydroxylation is 1. The highest BCUT2D eigenvalue weighted by Gasteiger charge is 1.98. The zero-order chi connectivity index (χ0) is 15.0. The van der Waals surface area contributed by atoms with Gasteiger partial charge in [-0.25, -0.2) is 0 Å². The van der Waals surface area contributed by atoms with Gasteiger partial charge in [0.1, 0.15) is 5.75 Å². The van der Waals surface area contributed by atoms with E-state index in [4.69, 9.17) is 4.74 Å². The molecule has 22 heavy (non-hydrogen) atoms. The van der Waals surface area contributed by atoms with Crippen molar-refractivity contribution in [1.82, 2.24) is 15.0 Å². The van der Waals surface area contributed by atoms with Crippen LogP contribution in [0.5, 0.6) is 5.75 Å². The zero-order valence-corrected chi connectivity index (χ0v) is 12.7. The Labute approximate surface area is 130 Å². The number of fused-ring (bicyclic) bond motifs is 1. The average molecular weight is 295 g/mol. The SMILES string of the molecule is c1ccc2cc(OCCCCCCn3ccnn3)ccc2c1. The van der Waals surface area contributed by atoms with E-state index < -0.39 is 0 Å². The van der Waals surface area contributed by atoms with Crippen molar-refractivity contribution in [1.29, 1.82) is 0 Å². The van der Waals surface area contributed by atoms with E-state index in [9.17, 15) is 0 Å². The summed E-state index contributed by atoms with van der Waals surface area (Å²) in [5, 5.41) is 10.2. The molecule has 0 aliphatic rings. The van der Waals surface area contributed by atoms with Gasteiger partial charge in [-0.15, -0.1) is 5.10 Å². The maximum atomic E-state index is 5.84. The van der Waals surface area contributed by atoms with Gasteiger partial charge in [-0.3, -0.25) is 4.68 Å². The van der Waals surface area contributed by atoms with Crippen molar-refractivity contribution in [3.05, 3.63) is 54.9 Å². The molecular formula is C18H21N3O. The average Bonchev–Trinajstić information content (AvgIpc) is 3.07. The van der Waals surface area contributed by atoms with Gasteiger partial charge in [0, 0.05) is 12.7 Å². The number of hydrogen-bond acceptors (Lipinski definition) is 3. The normalized spacial score (nSPS) is 10.9. The van der Waals surface area contributed by atoms with Crippen LogP contribution >= 0.6 is 0 Å². The third kappa shape index (κ3) is 4.07. The molecule has 1 heterocycles. The first kappa shape index (κ1) is 14.6. The minimum atomic E-state index is 0.779. The Kier molecular flexibility index (Phi) is 5.03. The molecule has 1 aromatic heterocycles. The topological polar surface area (TPSA) is 39.9 Å². The number of ether oxygens (including phenoxy) is 1. The van der Waals surface area contributed by atoms with Gasteiger partial charge >= 0.3 is 0 Å². The third-order valence-corrected chi connectivity index (χ3v) is 3.74. The van der Waals surface area contributed by atoms with Crippen LogP contribution in [0.3, 0.4) is 0 Å². The van der Waals surface area contributed by atoms with Crippen molar-refractivity contribution in [3.63, 3.8) is 0 Å². The summed E-state index contributed by atoms with van der Waals surface area (Å²) < 4.78 is 7.72. The van der Waals surface area contributed by atoms with Crippen LogP contribution < -0.4 is 4.74 Å². The molecule has 4 heteroatoms. The molecule has 3 aromatic rings. The lowest BCUT2D eigenvalue weighted by Gasteiger charge is -2.07. The summed E-state index contributed by atoms with van der Waals surface area (Å²) in [6.45, 7) is 1.73. The predicted octanol–water partition coefficient (Wildman–Crippen LogP) is 4.07. The number of nitrogens with zero attached hydrogens (tertiary/aromatic N) is 3. The lowest BCUT2D eigenvalue weighted by molar-refractivity contribution is 0.304. The fourth-order valence-corrected chi connectivity index (χ4v) is 2.53. The van der Waals surface area contributed by atoms with Crippen molar-refractivity contribution in [2.24, 2.45) is 0 Å². The number of hydrogen-bond donors (Lipinski definition) is 0. The van der Waals surface area contributed by atoms with Gasteiger partial charge < -0.3 is 4.74 Å². The standard InChI is InChI=1S/C18H21N3O/c1(5-12-21-13-11-19-20-21)2-6-14-22-18-10-9-16-7-3-4-8-17(16)15-18/h3-4,7-11,13,15H,1-2,5-6,12,14H2. The Bertz CT molecular complexity index is 694. The first-order chi connectivity index (χ1) is 10.9. The van der Waals surface area contributed by atoms with Crippen molar-refractivity contribution in [3.8, 4) is 5.75 Å². The highest BCUT2D eigenvalue weighted by Crippen LogP contribution is 2.20. The number of benzene rings is 2. The van der Waals surface area contributed by atoms with E-state index in [1.165, 1.54) is 23.6 Å². The molecule has 0 radical (unpaired) electrons. The molecule has 0 fully saturated rings. The fraction of sp³-hybridized carbons (Fsp3) is 0.333. The van der Waals surface area contributed by atoms with Gasteiger partial charge in [0.25, 0.3) is 0 Å². The minimum absolute atomic E-state index is 0.779. The van der Waals surface area contributed by atoms with Crippen LogP contribution in [0.1, 0.15) is 25.7 Å². The van der Waals surface area contributed by atoms with Gasteiger partial charge in [-0.1, -0.05) is 42.0 Å². The number of rotatable bonds is 8. The number of unbranched alkanes of at least 4 members (excludes halogenated alkanes) is 3. The lowest BCUT2D eigenvalue weighted by Crippen LogP contribution is -2.00. The van der Waals surface area contributed by atoms with Gasteiger partial charge in [0.05, 0.1) is 12.8 Å². The van der Waals surface area contributed by atoms with E-state index in [0.717, 1.165) is 31.7 Å². The minimum Gasteiger partial charge on any atom is -0.494 e. The summed E-state index contributed by atoms with van der Waals surface area (Å²) in [5.74, 6) is 0.960. The second-order valence-electron chi connectivity index (χ2n) is 5.44. The quantitative estimate of drug-likeness (QED) is 0.588. The molecule has 3 rings (SSSR count). The molecule has 4 nitrogen and oxygen atoms in total. The molecule has 0 spiro atoms. The van der Waals surface area contributed by atoms with Crippen LogP contribution in [0.25, 0.3) is 10.8 Å². The molecule has 0 atom stereocenters. The molecule has 0 saturated heterocycles. The van der Waals surface area contributed by atoms with Crippen molar-refractivity contribution < 1.29 is 4.74 Å². The summed E-state index contributed by atoms with van der Waals surface area (Å²) in [6, 6.07) is 14.6. The van der Waals surface area contributed by atoms with Crippen molar-refractivity contribution >= 4 is 10.8 Å². The molecular weight excluding hydrogens is 274 g/mol.